The van der Waals surface area contributed by atoms with Gasteiger partial charge in [-0.3, -0.25) is 14.5 Å². The Morgan fingerprint density at radius 2 is 1.81 bits per heavy atom. The van der Waals surface area contributed by atoms with Gasteiger partial charge in [-0.15, -0.1) is 23.1 Å². The minimum absolute atomic E-state index is 0.172. The summed E-state index contributed by atoms with van der Waals surface area (Å²) in [6.45, 7) is -0.0129. The molecule has 7 nitrogen and oxygen atoms in total. The fourth-order valence-corrected chi connectivity index (χ4v) is 7.21. The zero-order chi connectivity index (χ0) is 29.9. The lowest BCUT2D eigenvalue weighted by molar-refractivity contribution is -0.123. The van der Waals surface area contributed by atoms with E-state index in [2.05, 4.69) is 11.4 Å². The van der Waals surface area contributed by atoms with Gasteiger partial charge in [0, 0.05) is 27.6 Å². The number of benzene rings is 3. The van der Waals surface area contributed by atoms with Gasteiger partial charge < -0.3 is 10.1 Å². The second-order valence-electron chi connectivity index (χ2n) is 9.79. The molecule has 0 saturated heterocycles. The molecule has 0 aliphatic carbocycles. The quantitative estimate of drug-likeness (QED) is 0.202. The monoisotopic (exact) mass is 632 g/mol. The van der Waals surface area contributed by atoms with Crippen LogP contribution in [0.5, 0.6) is 5.75 Å². The summed E-state index contributed by atoms with van der Waals surface area (Å²) in [6.07, 6.45) is 0. The van der Waals surface area contributed by atoms with Gasteiger partial charge in [-0.25, -0.2) is 9.07 Å². The number of hydrogen-bond acceptors (Lipinski definition) is 6. The van der Waals surface area contributed by atoms with Crippen molar-refractivity contribution in [2.24, 2.45) is 0 Å². The van der Waals surface area contributed by atoms with Crippen molar-refractivity contribution in [3.8, 4) is 22.7 Å². The summed E-state index contributed by atoms with van der Waals surface area (Å²) >= 11 is 9.36. The number of amides is 2. The summed E-state index contributed by atoms with van der Waals surface area (Å²) in [5, 5.41) is 10.4. The fourth-order valence-electron chi connectivity index (χ4n) is 4.91. The summed E-state index contributed by atoms with van der Waals surface area (Å²) in [6, 6.07) is 24.8. The average molecular weight is 633 g/mol. The van der Waals surface area contributed by atoms with Gasteiger partial charge in [0.15, 0.2) is 0 Å². The van der Waals surface area contributed by atoms with Crippen molar-refractivity contribution in [2.45, 2.75) is 11.8 Å². The van der Waals surface area contributed by atoms with Gasteiger partial charge in [0.25, 0.3) is 0 Å². The van der Waals surface area contributed by atoms with E-state index in [0.717, 1.165) is 21.6 Å². The van der Waals surface area contributed by atoms with Crippen LogP contribution in [0.4, 0.5) is 10.2 Å². The second-order valence-corrected chi connectivity index (χ2v) is 12.3. The molecule has 0 saturated carbocycles. The lowest BCUT2D eigenvalue weighted by Crippen LogP contribution is -2.42. The van der Waals surface area contributed by atoms with Crippen LogP contribution in [0.25, 0.3) is 16.9 Å². The summed E-state index contributed by atoms with van der Waals surface area (Å²) in [4.78, 5) is 29.7. The van der Waals surface area contributed by atoms with Crippen LogP contribution in [0.15, 0.2) is 90.3 Å². The molecular weight excluding hydrogens is 607 g/mol. The summed E-state index contributed by atoms with van der Waals surface area (Å²) in [5.41, 5.74) is 3.82. The summed E-state index contributed by atoms with van der Waals surface area (Å²) in [5.74, 6) is 0.475. The third-order valence-electron chi connectivity index (χ3n) is 7.03. The number of fused-ring (bicyclic) bond motifs is 1. The van der Waals surface area contributed by atoms with Gasteiger partial charge in [0.2, 0.25) is 11.8 Å². The van der Waals surface area contributed by atoms with Gasteiger partial charge in [-0.2, -0.15) is 5.10 Å². The highest BCUT2D eigenvalue weighted by molar-refractivity contribution is 8.00. The molecule has 2 amide bonds. The van der Waals surface area contributed by atoms with E-state index in [1.165, 1.54) is 28.8 Å². The molecule has 0 unspecified atom stereocenters. The van der Waals surface area contributed by atoms with E-state index >= 15 is 0 Å². The SMILES string of the molecule is COc1ccc(-n2nc(-c3ccc(Cl)cc3)c3c2N(CC(=O)NCc2ccc(F)cc2)C(=O)CS[C@H]3c2cccs2)cc1. The zero-order valence-corrected chi connectivity index (χ0v) is 25.4. The lowest BCUT2D eigenvalue weighted by Gasteiger charge is -2.23. The van der Waals surface area contributed by atoms with Crippen molar-refractivity contribution >= 4 is 52.3 Å². The first kappa shape index (κ1) is 29.0. The van der Waals surface area contributed by atoms with Crippen LogP contribution in [-0.4, -0.2) is 41.0 Å². The molecule has 3 heterocycles. The van der Waals surface area contributed by atoms with Crippen LogP contribution in [0.3, 0.4) is 0 Å². The normalized spacial score (nSPS) is 14.7. The van der Waals surface area contributed by atoms with Crippen molar-refractivity contribution in [1.29, 1.82) is 0 Å². The third kappa shape index (κ3) is 6.17. The fraction of sp³-hybridized carbons (Fsp3) is 0.156. The predicted molar refractivity (Wildman–Crippen MR) is 170 cm³/mol. The van der Waals surface area contributed by atoms with E-state index in [0.29, 0.717) is 28.0 Å². The van der Waals surface area contributed by atoms with Crippen molar-refractivity contribution in [3.63, 3.8) is 0 Å². The van der Waals surface area contributed by atoms with Crippen LogP contribution in [0.1, 0.15) is 21.3 Å². The molecule has 1 aliphatic heterocycles. The van der Waals surface area contributed by atoms with Gasteiger partial charge >= 0.3 is 0 Å². The van der Waals surface area contributed by atoms with Gasteiger partial charge in [-0.1, -0.05) is 41.9 Å². The topological polar surface area (TPSA) is 76.5 Å². The first-order valence-corrected chi connectivity index (χ1v) is 15.7. The number of halogens is 2. The number of thiophene rings is 1. The Kier molecular flexibility index (Phi) is 8.51. The lowest BCUT2D eigenvalue weighted by atomic mass is 10.0. The largest absolute Gasteiger partial charge is 0.497 e. The molecule has 1 atom stereocenters. The minimum atomic E-state index is -0.348. The van der Waals surface area contributed by atoms with E-state index < -0.39 is 0 Å². The van der Waals surface area contributed by atoms with Gasteiger partial charge in [-0.05, 0) is 65.5 Å². The Morgan fingerprint density at radius 1 is 1.07 bits per heavy atom. The number of carbonyl (C=O) groups is 2. The Hall–Kier alpha value is -4.12. The number of rotatable bonds is 8. The van der Waals surface area contributed by atoms with E-state index in [1.54, 1.807) is 35.3 Å². The average Bonchev–Trinajstić information content (AvgIpc) is 3.67. The van der Waals surface area contributed by atoms with E-state index in [1.807, 2.05) is 60.0 Å². The van der Waals surface area contributed by atoms with Crippen LogP contribution in [0, 0.1) is 5.82 Å². The maximum Gasteiger partial charge on any atom is 0.240 e. The molecule has 1 N–H and O–H groups in total. The first-order valence-electron chi connectivity index (χ1n) is 13.4. The van der Waals surface area contributed by atoms with Crippen LogP contribution in [0.2, 0.25) is 5.02 Å². The Bertz CT molecular complexity index is 1740. The highest BCUT2D eigenvalue weighted by Gasteiger charge is 2.38. The van der Waals surface area contributed by atoms with Gasteiger partial charge in [0.1, 0.15) is 23.9 Å². The standard InChI is InChI=1S/C32H26ClFN4O3S2/c1-41-25-14-12-24(13-15-25)38-32-29(30(36-38)21-6-8-22(33)9-7-21)31(26-3-2-16-42-26)43-19-28(40)37(32)18-27(39)35-17-20-4-10-23(34)11-5-20/h2-16,31H,17-19H2,1H3,(H,35,39)/t31-/m0/s1. The molecule has 43 heavy (non-hydrogen) atoms. The van der Waals surface area contributed by atoms with E-state index in [4.69, 9.17) is 21.4 Å². The van der Waals surface area contributed by atoms with E-state index in [-0.39, 0.29) is 41.7 Å². The predicted octanol–water partition coefficient (Wildman–Crippen LogP) is 6.89. The Balaban J connectivity index is 1.48. The van der Waals surface area contributed by atoms with Crippen LogP contribution >= 0.6 is 34.7 Å². The second kappa shape index (κ2) is 12.6. The molecule has 3 aromatic carbocycles. The number of nitrogens with zero attached hydrogens (tertiary/aromatic N) is 3. The van der Waals surface area contributed by atoms with Crippen molar-refractivity contribution in [3.05, 3.63) is 117 Å². The number of aromatic nitrogens is 2. The number of carbonyl (C=O) groups excluding carboxylic acids is 2. The van der Waals surface area contributed by atoms with Crippen molar-refractivity contribution in [2.75, 3.05) is 24.3 Å². The Labute approximate surface area is 261 Å². The highest BCUT2D eigenvalue weighted by atomic mass is 35.5. The molecule has 11 heteroatoms. The molecule has 5 aromatic rings. The number of methoxy groups -OCH3 is 1. The first-order chi connectivity index (χ1) is 20.9. The number of anilines is 1. The van der Waals surface area contributed by atoms with Crippen LogP contribution < -0.4 is 15.0 Å². The summed E-state index contributed by atoms with van der Waals surface area (Å²) < 4.78 is 20.5. The molecule has 0 spiro atoms. The maximum absolute atomic E-state index is 13.8. The number of nitrogens with one attached hydrogen (secondary N) is 1. The molecule has 218 valence electrons. The molecule has 0 fully saturated rings. The number of thioether (sulfide) groups is 1. The highest BCUT2D eigenvalue weighted by Crippen LogP contribution is 2.49. The van der Waals surface area contributed by atoms with Crippen molar-refractivity contribution in [1.82, 2.24) is 15.1 Å². The third-order valence-corrected chi connectivity index (χ3v) is 9.60. The van der Waals surface area contributed by atoms with Crippen LogP contribution in [-0.2, 0) is 16.1 Å². The smallest absolute Gasteiger partial charge is 0.240 e. The molecule has 0 radical (unpaired) electrons. The summed E-state index contributed by atoms with van der Waals surface area (Å²) in [7, 11) is 1.60. The molecule has 2 aromatic heterocycles. The number of ether oxygens (including phenoxy) is 1. The molecule has 6 rings (SSSR count). The maximum atomic E-state index is 13.8. The zero-order valence-electron chi connectivity index (χ0n) is 23.0. The van der Waals surface area contributed by atoms with Gasteiger partial charge in [0.05, 0.1) is 29.5 Å². The minimum Gasteiger partial charge on any atom is -0.497 e. The van der Waals surface area contributed by atoms with E-state index in [9.17, 15) is 14.0 Å². The Morgan fingerprint density at radius 3 is 2.49 bits per heavy atom. The number of hydrogen-bond donors (Lipinski definition) is 1. The molecular formula is C32H26ClFN4O3S2. The molecule has 0 bridgehead atoms. The van der Waals surface area contributed by atoms with Crippen molar-refractivity contribution < 1.29 is 18.7 Å². The molecule has 1 aliphatic rings.